The molecule has 4 heterocycles. The number of hydrogen-bond donors (Lipinski definition) is 0. The molecule has 8 heteroatoms. The Labute approximate surface area is 185 Å². The van der Waals surface area contributed by atoms with Gasteiger partial charge in [-0.15, -0.1) is 11.3 Å². The highest BCUT2D eigenvalue weighted by atomic mass is 32.1. The Balaban J connectivity index is 1.44. The fourth-order valence-corrected chi connectivity index (χ4v) is 5.82. The Bertz CT molecular complexity index is 1250. The molecule has 0 radical (unpaired) electrons. The molecule has 2 aromatic heterocycles. The van der Waals surface area contributed by atoms with Crippen LogP contribution >= 0.6 is 11.3 Å². The summed E-state index contributed by atoms with van der Waals surface area (Å²) in [5.74, 6) is 0.770. The van der Waals surface area contributed by atoms with E-state index in [1.54, 1.807) is 4.57 Å². The van der Waals surface area contributed by atoms with Crippen LogP contribution in [0.3, 0.4) is 0 Å². The van der Waals surface area contributed by atoms with Crippen molar-refractivity contribution in [1.82, 2.24) is 24.2 Å². The predicted octanol–water partition coefficient (Wildman–Crippen LogP) is 2.38. The molecule has 1 fully saturated rings. The molecule has 7 nitrogen and oxygen atoms in total. The zero-order valence-corrected chi connectivity index (χ0v) is 19.0. The maximum atomic E-state index is 12.8. The SMILES string of the molecule is Cc1cc(C)cc(CN2CC[C@@]3(CCn4c3nn(Cc3csc(C)n3)c(=O)c4=O)C2)c1. The summed E-state index contributed by atoms with van der Waals surface area (Å²) in [4.78, 5) is 32.4. The molecule has 0 saturated carbocycles. The average molecular weight is 438 g/mol. The van der Waals surface area contributed by atoms with Crippen molar-refractivity contribution in [3.05, 3.63) is 77.5 Å². The van der Waals surface area contributed by atoms with Crippen molar-refractivity contribution in [3.63, 3.8) is 0 Å². The molecule has 31 heavy (non-hydrogen) atoms. The molecule has 2 aliphatic rings. The number of thiazole rings is 1. The second kappa shape index (κ2) is 7.53. The number of aromatic nitrogens is 4. The van der Waals surface area contributed by atoms with E-state index < -0.39 is 11.1 Å². The summed E-state index contributed by atoms with van der Waals surface area (Å²) in [6, 6.07) is 6.69. The second-order valence-electron chi connectivity index (χ2n) is 9.09. The number of fused-ring (bicyclic) bond motifs is 2. The van der Waals surface area contributed by atoms with E-state index >= 15 is 0 Å². The van der Waals surface area contributed by atoms with Crippen molar-refractivity contribution in [2.75, 3.05) is 13.1 Å². The minimum Gasteiger partial charge on any atom is -0.298 e. The minimum absolute atomic E-state index is 0.161. The molecule has 1 atom stereocenters. The van der Waals surface area contributed by atoms with E-state index in [9.17, 15) is 9.59 Å². The monoisotopic (exact) mass is 437 g/mol. The summed E-state index contributed by atoms with van der Waals surface area (Å²) >= 11 is 1.54. The Morgan fingerprint density at radius 1 is 1.00 bits per heavy atom. The van der Waals surface area contributed by atoms with Crippen molar-refractivity contribution in [2.24, 2.45) is 0 Å². The van der Waals surface area contributed by atoms with Crippen LogP contribution in [-0.4, -0.2) is 37.3 Å². The van der Waals surface area contributed by atoms with Crippen LogP contribution in [0.25, 0.3) is 0 Å². The number of aryl methyl sites for hydroxylation is 3. The molecule has 2 aliphatic heterocycles. The normalized spacial score (nSPS) is 20.6. The first-order chi connectivity index (χ1) is 14.8. The van der Waals surface area contributed by atoms with Gasteiger partial charge in [0.2, 0.25) is 0 Å². The fourth-order valence-electron chi connectivity index (χ4n) is 5.21. The molecule has 0 aliphatic carbocycles. The molecule has 3 aromatic rings. The highest BCUT2D eigenvalue weighted by Gasteiger charge is 2.47. The lowest BCUT2D eigenvalue weighted by Crippen LogP contribution is -2.45. The minimum atomic E-state index is -0.559. The van der Waals surface area contributed by atoms with Crippen molar-refractivity contribution < 1.29 is 0 Å². The van der Waals surface area contributed by atoms with Crippen LogP contribution < -0.4 is 11.1 Å². The summed E-state index contributed by atoms with van der Waals surface area (Å²) in [5, 5.41) is 7.59. The molecular formula is C23H27N5O2S. The molecule has 1 aromatic carbocycles. The topological polar surface area (TPSA) is 73.0 Å². The molecule has 162 valence electrons. The summed E-state index contributed by atoms with van der Waals surface area (Å²) in [6.45, 7) is 9.74. The smallest absolute Gasteiger partial charge is 0.298 e. The summed E-state index contributed by atoms with van der Waals surface area (Å²) in [5.41, 5.74) is 3.48. The van der Waals surface area contributed by atoms with Gasteiger partial charge < -0.3 is 0 Å². The van der Waals surface area contributed by atoms with Crippen molar-refractivity contribution in [2.45, 2.75) is 58.7 Å². The van der Waals surface area contributed by atoms with E-state index in [4.69, 9.17) is 5.10 Å². The number of nitrogens with zero attached hydrogens (tertiary/aromatic N) is 5. The molecule has 0 N–H and O–H groups in total. The van der Waals surface area contributed by atoms with Crippen LogP contribution in [0.2, 0.25) is 0 Å². The lowest BCUT2D eigenvalue weighted by Gasteiger charge is -2.24. The Morgan fingerprint density at radius 3 is 2.45 bits per heavy atom. The standard InChI is InChI=1S/C23H27N5O2S/c1-15-8-16(2)10-18(9-15)11-26-6-4-23(14-26)5-7-27-20(29)21(30)28(25-22(23)27)12-19-13-31-17(3)24-19/h8-10,13H,4-7,11-12,14H2,1-3H3/t23-/m1/s1. The average Bonchev–Trinajstić information content (AvgIpc) is 3.40. The van der Waals surface area contributed by atoms with Gasteiger partial charge in [0, 0.05) is 30.4 Å². The zero-order valence-electron chi connectivity index (χ0n) is 18.2. The van der Waals surface area contributed by atoms with Gasteiger partial charge >= 0.3 is 11.1 Å². The Kier molecular flexibility index (Phi) is 4.94. The lowest BCUT2D eigenvalue weighted by molar-refractivity contribution is 0.298. The molecule has 0 bridgehead atoms. The van der Waals surface area contributed by atoms with Gasteiger partial charge in [-0.3, -0.25) is 19.1 Å². The Hall–Kier alpha value is -2.58. The van der Waals surface area contributed by atoms with Gasteiger partial charge in [0.1, 0.15) is 5.82 Å². The van der Waals surface area contributed by atoms with Gasteiger partial charge in [-0.2, -0.15) is 5.10 Å². The first kappa shape index (κ1) is 20.3. The third-order valence-electron chi connectivity index (χ3n) is 6.52. The molecule has 0 unspecified atom stereocenters. The lowest BCUT2D eigenvalue weighted by atomic mass is 9.85. The zero-order chi connectivity index (χ0) is 21.8. The summed E-state index contributed by atoms with van der Waals surface area (Å²) in [7, 11) is 0. The van der Waals surface area contributed by atoms with Crippen LogP contribution in [0.5, 0.6) is 0 Å². The van der Waals surface area contributed by atoms with Gasteiger partial charge in [-0.05, 0) is 45.7 Å². The number of hydrogen-bond acceptors (Lipinski definition) is 6. The van der Waals surface area contributed by atoms with Gasteiger partial charge in [0.25, 0.3) is 0 Å². The van der Waals surface area contributed by atoms with E-state index in [0.29, 0.717) is 6.54 Å². The van der Waals surface area contributed by atoms with Gasteiger partial charge in [-0.1, -0.05) is 29.3 Å². The number of rotatable bonds is 4. The van der Waals surface area contributed by atoms with E-state index in [-0.39, 0.29) is 12.0 Å². The highest BCUT2D eigenvalue weighted by molar-refractivity contribution is 7.09. The predicted molar refractivity (Wildman–Crippen MR) is 121 cm³/mol. The van der Waals surface area contributed by atoms with Crippen LogP contribution in [0.15, 0.2) is 33.2 Å². The van der Waals surface area contributed by atoms with Gasteiger partial charge in [-0.25, -0.2) is 9.67 Å². The molecule has 5 rings (SSSR count). The van der Waals surface area contributed by atoms with Crippen LogP contribution in [-0.2, 0) is 25.0 Å². The van der Waals surface area contributed by atoms with Crippen LogP contribution in [0.4, 0.5) is 0 Å². The first-order valence-corrected chi connectivity index (χ1v) is 11.6. The quantitative estimate of drug-likeness (QED) is 0.586. The van der Waals surface area contributed by atoms with E-state index in [2.05, 4.69) is 41.9 Å². The molecule has 1 saturated heterocycles. The maximum absolute atomic E-state index is 12.8. The van der Waals surface area contributed by atoms with E-state index in [1.165, 1.54) is 32.7 Å². The molecule has 0 amide bonds. The molecule has 1 spiro atoms. The van der Waals surface area contributed by atoms with Crippen LogP contribution in [0.1, 0.15) is 46.1 Å². The van der Waals surface area contributed by atoms with Gasteiger partial charge in [0.15, 0.2) is 0 Å². The number of likely N-dealkylation sites (tertiary alicyclic amines) is 1. The highest BCUT2D eigenvalue weighted by Crippen LogP contribution is 2.40. The Morgan fingerprint density at radius 2 is 1.74 bits per heavy atom. The maximum Gasteiger partial charge on any atom is 0.332 e. The van der Waals surface area contributed by atoms with Crippen molar-refractivity contribution >= 4 is 11.3 Å². The third-order valence-corrected chi connectivity index (χ3v) is 7.34. The van der Waals surface area contributed by atoms with Crippen molar-refractivity contribution in [3.8, 4) is 0 Å². The third kappa shape index (κ3) is 3.68. The summed E-state index contributed by atoms with van der Waals surface area (Å²) < 4.78 is 2.94. The van der Waals surface area contributed by atoms with E-state index in [1.807, 2.05) is 12.3 Å². The van der Waals surface area contributed by atoms with Crippen LogP contribution in [0, 0.1) is 20.8 Å². The largest absolute Gasteiger partial charge is 0.332 e. The molecular weight excluding hydrogens is 410 g/mol. The summed E-state index contributed by atoms with van der Waals surface area (Å²) in [6.07, 6.45) is 1.82. The first-order valence-electron chi connectivity index (χ1n) is 10.8. The second-order valence-corrected chi connectivity index (χ2v) is 10.2. The fraction of sp³-hybridized carbons (Fsp3) is 0.478. The number of benzene rings is 1. The van der Waals surface area contributed by atoms with Crippen molar-refractivity contribution in [1.29, 1.82) is 0 Å². The van der Waals surface area contributed by atoms with E-state index in [0.717, 1.165) is 49.0 Å². The van der Waals surface area contributed by atoms with Gasteiger partial charge in [0.05, 0.1) is 17.2 Å².